The van der Waals surface area contributed by atoms with Gasteiger partial charge in [-0.2, -0.15) is 0 Å². The molecule has 20 heavy (non-hydrogen) atoms. The van der Waals surface area contributed by atoms with Crippen LogP contribution in [0.15, 0.2) is 41.5 Å². The fourth-order valence-electron chi connectivity index (χ4n) is 2.34. The number of allylic oxidation sites excluding steroid dienone is 3. The van der Waals surface area contributed by atoms with E-state index in [0.717, 1.165) is 37.3 Å². The Labute approximate surface area is 117 Å². The first-order chi connectivity index (χ1) is 9.56. The molecule has 0 aliphatic heterocycles. The van der Waals surface area contributed by atoms with Crippen LogP contribution < -0.4 is 0 Å². The quantitative estimate of drug-likeness (QED) is 0.770. The van der Waals surface area contributed by atoms with E-state index in [0.29, 0.717) is 12.1 Å². The van der Waals surface area contributed by atoms with Crippen molar-refractivity contribution >= 4 is 6.29 Å². The highest BCUT2D eigenvalue weighted by Crippen LogP contribution is 2.18. The monoisotopic (exact) mass is 277 g/mol. The summed E-state index contributed by atoms with van der Waals surface area (Å²) < 4.78 is 26.2. The van der Waals surface area contributed by atoms with Gasteiger partial charge < -0.3 is 0 Å². The lowest BCUT2D eigenvalue weighted by Gasteiger charge is -2.20. The highest BCUT2D eigenvalue weighted by Gasteiger charge is 2.09. The van der Waals surface area contributed by atoms with Crippen molar-refractivity contribution in [1.82, 2.24) is 4.90 Å². The van der Waals surface area contributed by atoms with Gasteiger partial charge in [-0.25, -0.2) is 8.78 Å². The zero-order valence-corrected chi connectivity index (χ0v) is 11.4. The molecule has 0 bridgehead atoms. The summed E-state index contributed by atoms with van der Waals surface area (Å²) in [5, 5.41) is 0. The molecule has 0 spiro atoms. The van der Waals surface area contributed by atoms with Gasteiger partial charge in [-0.3, -0.25) is 9.69 Å². The van der Waals surface area contributed by atoms with Crippen LogP contribution >= 0.6 is 0 Å². The minimum Gasteiger partial charge on any atom is -0.298 e. The Hall–Kier alpha value is -1.81. The van der Waals surface area contributed by atoms with Gasteiger partial charge in [0.25, 0.3) is 0 Å². The molecule has 4 heteroatoms. The van der Waals surface area contributed by atoms with Crippen molar-refractivity contribution < 1.29 is 13.6 Å². The van der Waals surface area contributed by atoms with E-state index in [9.17, 15) is 13.6 Å². The molecule has 0 amide bonds. The number of carbonyl (C=O) groups is 1. The highest BCUT2D eigenvalue weighted by molar-refractivity contribution is 5.74. The van der Waals surface area contributed by atoms with Crippen LogP contribution in [0, 0.1) is 11.6 Å². The van der Waals surface area contributed by atoms with E-state index < -0.39 is 11.6 Å². The third-order valence-electron chi connectivity index (χ3n) is 3.27. The Kier molecular flexibility index (Phi) is 4.79. The Morgan fingerprint density at radius 2 is 1.80 bits per heavy atom. The summed E-state index contributed by atoms with van der Waals surface area (Å²) in [7, 11) is 1.91. The molecule has 1 aliphatic rings. The van der Waals surface area contributed by atoms with Crippen molar-refractivity contribution in [2.24, 2.45) is 0 Å². The van der Waals surface area contributed by atoms with Crippen LogP contribution in [0.5, 0.6) is 0 Å². The molecular formula is C16H17F2NO. The van der Waals surface area contributed by atoms with Crippen molar-refractivity contribution in [2.45, 2.75) is 19.4 Å². The van der Waals surface area contributed by atoms with Crippen LogP contribution in [0.1, 0.15) is 18.4 Å². The summed E-state index contributed by atoms with van der Waals surface area (Å²) in [5.74, 6) is -1.10. The Balaban J connectivity index is 1.96. The minimum atomic E-state index is -0.552. The van der Waals surface area contributed by atoms with Gasteiger partial charge in [0.2, 0.25) is 0 Å². The number of hydrogen-bond donors (Lipinski definition) is 0. The first kappa shape index (κ1) is 14.6. The van der Waals surface area contributed by atoms with Gasteiger partial charge in [-0.15, -0.1) is 0 Å². The van der Waals surface area contributed by atoms with E-state index in [1.165, 1.54) is 17.7 Å². The molecule has 1 aromatic carbocycles. The Morgan fingerprint density at radius 1 is 1.10 bits per heavy atom. The molecule has 0 atom stereocenters. The second kappa shape index (κ2) is 6.57. The smallest absolute Gasteiger partial charge is 0.146 e. The maximum atomic E-state index is 13.1. The van der Waals surface area contributed by atoms with E-state index in [4.69, 9.17) is 0 Å². The van der Waals surface area contributed by atoms with Crippen molar-refractivity contribution in [3.8, 4) is 0 Å². The standard InChI is InChI=1S/C16H17F2NO/c1-19(9-12-2-4-13(11-20)5-3-12)10-14-6-15(17)8-16(18)7-14/h2,4,6-8,11H,3,5,9-10H2,1H3. The average Bonchev–Trinajstić information content (AvgIpc) is 2.38. The maximum Gasteiger partial charge on any atom is 0.146 e. The van der Waals surface area contributed by atoms with Crippen LogP contribution in [0.3, 0.4) is 0 Å². The van der Waals surface area contributed by atoms with E-state index in [1.807, 2.05) is 24.1 Å². The predicted octanol–water partition coefficient (Wildman–Crippen LogP) is 3.24. The number of benzene rings is 1. The van der Waals surface area contributed by atoms with Crippen molar-refractivity contribution in [3.05, 3.63) is 58.7 Å². The zero-order valence-electron chi connectivity index (χ0n) is 11.4. The van der Waals surface area contributed by atoms with E-state index in [-0.39, 0.29) is 0 Å². The van der Waals surface area contributed by atoms with Crippen LogP contribution in [0.25, 0.3) is 0 Å². The summed E-state index contributed by atoms with van der Waals surface area (Å²) in [4.78, 5) is 12.6. The summed E-state index contributed by atoms with van der Waals surface area (Å²) in [6.45, 7) is 1.21. The second-order valence-corrected chi connectivity index (χ2v) is 5.13. The summed E-state index contributed by atoms with van der Waals surface area (Å²) >= 11 is 0. The largest absolute Gasteiger partial charge is 0.298 e. The topological polar surface area (TPSA) is 20.3 Å². The number of likely N-dealkylation sites (N-methyl/N-ethyl adjacent to an activating group) is 1. The third-order valence-corrected chi connectivity index (χ3v) is 3.27. The zero-order chi connectivity index (χ0) is 14.5. The minimum absolute atomic E-state index is 0.482. The van der Waals surface area contributed by atoms with Gasteiger partial charge in [-0.1, -0.05) is 17.7 Å². The fraction of sp³-hybridized carbons (Fsp3) is 0.312. The number of carbonyl (C=O) groups excluding carboxylic acids is 1. The molecule has 0 saturated carbocycles. The van der Waals surface area contributed by atoms with Crippen LogP contribution in [0.4, 0.5) is 8.78 Å². The molecule has 106 valence electrons. The molecule has 2 nitrogen and oxygen atoms in total. The van der Waals surface area contributed by atoms with Crippen LogP contribution in [0.2, 0.25) is 0 Å². The molecule has 2 rings (SSSR count). The molecule has 0 fully saturated rings. The number of nitrogens with zero attached hydrogens (tertiary/aromatic N) is 1. The first-order valence-corrected chi connectivity index (χ1v) is 6.54. The molecule has 0 saturated heterocycles. The number of hydrogen-bond acceptors (Lipinski definition) is 2. The summed E-state index contributed by atoms with van der Waals surface area (Å²) in [6.07, 6.45) is 6.29. The average molecular weight is 277 g/mol. The Bertz CT molecular complexity index is 543. The first-order valence-electron chi connectivity index (χ1n) is 6.54. The van der Waals surface area contributed by atoms with Crippen LogP contribution in [-0.4, -0.2) is 24.8 Å². The SMILES string of the molecule is CN(CC1=CC=C(C=O)CC1)Cc1cc(F)cc(F)c1. The third kappa shape index (κ3) is 4.10. The van der Waals surface area contributed by atoms with Gasteiger partial charge in [-0.05, 0) is 43.2 Å². The van der Waals surface area contributed by atoms with E-state index in [2.05, 4.69) is 0 Å². The van der Waals surface area contributed by atoms with Crippen molar-refractivity contribution in [3.63, 3.8) is 0 Å². The lowest BCUT2D eigenvalue weighted by Crippen LogP contribution is -2.21. The highest BCUT2D eigenvalue weighted by atomic mass is 19.1. The molecule has 0 aromatic heterocycles. The molecule has 0 radical (unpaired) electrons. The molecule has 0 heterocycles. The maximum absolute atomic E-state index is 13.1. The Morgan fingerprint density at radius 3 is 2.35 bits per heavy atom. The fourth-order valence-corrected chi connectivity index (χ4v) is 2.34. The van der Waals surface area contributed by atoms with Gasteiger partial charge in [0.05, 0.1) is 0 Å². The molecular weight excluding hydrogens is 260 g/mol. The molecule has 1 aliphatic carbocycles. The lowest BCUT2D eigenvalue weighted by molar-refractivity contribution is -0.105. The molecule has 1 aromatic rings. The van der Waals surface area contributed by atoms with Crippen LogP contribution in [-0.2, 0) is 11.3 Å². The number of aldehydes is 1. The van der Waals surface area contributed by atoms with Gasteiger partial charge in [0, 0.05) is 19.2 Å². The second-order valence-electron chi connectivity index (χ2n) is 5.13. The number of rotatable bonds is 5. The summed E-state index contributed by atoms with van der Waals surface area (Å²) in [6, 6.07) is 3.57. The van der Waals surface area contributed by atoms with E-state index in [1.54, 1.807) is 0 Å². The summed E-state index contributed by atoms with van der Waals surface area (Å²) in [5.41, 5.74) is 2.64. The molecule has 0 unspecified atom stereocenters. The van der Waals surface area contributed by atoms with Crippen molar-refractivity contribution in [1.29, 1.82) is 0 Å². The van der Waals surface area contributed by atoms with Crippen molar-refractivity contribution in [2.75, 3.05) is 13.6 Å². The number of halogens is 2. The predicted molar refractivity (Wildman–Crippen MR) is 74.2 cm³/mol. The lowest BCUT2D eigenvalue weighted by atomic mass is 9.99. The van der Waals surface area contributed by atoms with E-state index >= 15 is 0 Å². The molecule has 0 N–H and O–H groups in total. The van der Waals surface area contributed by atoms with Gasteiger partial charge >= 0.3 is 0 Å². The van der Waals surface area contributed by atoms with Gasteiger partial charge in [0.15, 0.2) is 0 Å². The normalized spacial score (nSPS) is 15.0. The van der Waals surface area contributed by atoms with Gasteiger partial charge in [0.1, 0.15) is 17.9 Å².